The van der Waals surface area contributed by atoms with Crippen molar-refractivity contribution in [1.29, 1.82) is 0 Å². The fourth-order valence-corrected chi connectivity index (χ4v) is 3.64. The topological polar surface area (TPSA) is 56.1 Å². The molecule has 0 fully saturated rings. The van der Waals surface area contributed by atoms with Crippen LogP contribution < -0.4 is 5.48 Å². The van der Waals surface area contributed by atoms with Crippen molar-refractivity contribution in [2.45, 2.75) is 20.3 Å². The Morgan fingerprint density at radius 3 is 2.88 bits per heavy atom. The largest absolute Gasteiger partial charge is 0.332 e. The minimum absolute atomic E-state index is 0.237. The number of nitrogens with zero attached hydrogens (tertiary/aromatic N) is 2. The number of aryl methyl sites for hydroxylation is 2. The van der Waals surface area contributed by atoms with Crippen LogP contribution in [-0.2, 0) is 18.3 Å². The standard InChI is InChI=1S/C19H20IN3O2/c1-4-25-22-19(24)17-15-6-5-9-21-18(15)23(3)16(17)11-13-7-8-14(20)10-12(13)2/h5-10H,4,11H2,1-3H3,(H,22,24). The number of halogens is 1. The van der Waals surface area contributed by atoms with E-state index < -0.39 is 0 Å². The summed E-state index contributed by atoms with van der Waals surface area (Å²) in [4.78, 5) is 22.3. The molecule has 3 rings (SSSR count). The summed E-state index contributed by atoms with van der Waals surface area (Å²) in [6.45, 7) is 4.35. The number of carbonyl (C=O) groups excluding carboxylic acids is 1. The van der Waals surface area contributed by atoms with Gasteiger partial charge in [0.05, 0.1) is 12.2 Å². The lowest BCUT2D eigenvalue weighted by Crippen LogP contribution is -2.24. The highest BCUT2D eigenvalue weighted by atomic mass is 127. The molecule has 6 heteroatoms. The molecule has 25 heavy (non-hydrogen) atoms. The van der Waals surface area contributed by atoms with Crippen LogP contribution in [0.1, 0.15) is 34.1 Å². The number of pyridine rings is 1. The number of hydroxylamine groups is 1. The molecule has 0 radical (unpaired) electrons. The summed E-state index contributed by atoms with van der Waals surface area (Å²) in [6.07, 6.45) is 2.40. The Bertz CT molecular complexity index is 934. The molecule has 2 heterocycles. The van der Waals surface area contributed by atoms with Crippen LogP contribution >= 0.6 is 22.6 Å². The van der Waals surface area contributed by atoms with E-state index in [0.29, 0.717) is 18.6 Å². The van der Waals surface area contributed by atoms with Crippen LogP contribution in [0, 0.1) is 10.5 Å². The molecule has 0 spiro atoms. The van der Waals surface area contributed by atoms with Crippen molar-refractivity contribution < 1.29 is 9.63 Å². The normalized spacial score (nSPS) is 11.0. The number of carbonyl (C=O) groups is 1. The zero-order valence-corrected chi connectivity index (χ0v) is 16.6. The number of hydrogen-bond donors (Lipinski definition) is 1. The summed E-state index contributed by atoms with van der Waals surface area (Å²) in [5.41, 5.74) is 7.27. The summed E-state index contributed by atoms with van der Waals surface area (Å²) in [7, 11) is 1.95. The molecule has 3 aromatic rings. The van der Waals surface area contributed by atoms with E-state index in [2.05, 4.69) is 58.2 Å². The molecule has 0 saturated heterocycles. The molecule has 0 saturated carbocycles. The van der Waals surface area contributed by atoms with Gasteiger partial charge in [-0.3, -0.25) is 9.63 Å². The van der Waals surface area contributed by atoms with Crippen LogP contribution in [0.3, 0.4) is 0 Å². The zero-order chi connectivity index (χ0) is 18.0. The third kappa shape index (κ3) is 3.55. The molecular weight excluding hydrogens is 429 g/mol. The van der Waals surface area contributed by atoms with Crippen LogP contribution in [0.4, 0.5) is 0 Å². The van der Waals surface area contributed by atoms with Crippen molar-refractivity contribution in [2.75, 3.05) is 6.61 Å². The number of hydrogen-bond acceptors (Lipinski definition) is 3. The fourth-order valence-electron chi connectivity index (χ4n) is 3.00. The van der Waals surface area contributed by atoms with Gasteiger partial charge < -0.3 is 4.57 Å². The second-order valence-corrected chi connectivity index (χ2v) is 7.11. The molecule has 1 aromatic carbocycles. The molecule has 0 atom stereocenters. The van der Waals surface area contributed by atoms with Gasteiger partial charge in [0, 0.05) is 34.3 Å². The van der Waals surface area contributed by atoms with Crippen molar-refractivity contribution in [3.63, 3.8) is 0 Å². The van der Waals surface area contributed by atoms with Gasteiger partial charge in [0.1, 0.15) is 5.65 Å². The van der Waals surface area contributed by atoms with E-state index in [-0.39, 0.29) is 5.91 Å². The summed E-state index contributed by atoms with van der Waals surface area (Å²) >= 11 is 2.31. The average molecular weight is 449 g/mol. The Morgan fingerprint density at radius 1 is 1.36 bits per heavy atom. The zero-order valence-electron chi connectivity index (χ0n) is 14.5. The van der Waals surface area contributed by atoms with E-state index in [1.54, 1.807) is 6.20 Å². The van der Waals surface area contributed by atoms with Crippen molar-refractivity contribution in [3.05, 3.63) is 62.5 Å². The number of nitrogens with one attached hydrogen (secondary N) is 1. The van der Waals surface area contributed by atoms with Crippen LogP contribution in [-0.4, -0.2) is 22.1 Å². The number of rotatable bonds is 5. The van der Waals surface area contributed by atoms with Gasteiger partial charge in [-0.2, -0.15) is 0 Å². The lowest BCUT2D eigenvalue weighted by atomic mass is 10.0. The molecular formula is C19H20IN3O2. The highest BCUT2D eigenvalue weighted by molar-refractivity contribution is 14.1. The monoisotopic (exact) mass is 449 g/mol. The highest BCUT2D eigenvalue weighted by Gasteiger charge is 2.22. The molecule has 0 bridgehead atoms. The van der Waals surface area contributed by atoms with E-state index in [1.807, 2.05) is 30.7 Å². The minimum atomic E-state index is -0.237. The van der Waals surface area contributed by atoms with E-state index in [1.165, 1.54) is 14.7 Å². The third-order valence-corrected chi connectivity index (χ3v) is 4.94. The van der Waals surface area contributed by atoms with Crippen LogP contribution in [0.25, 0.3) is 11.0 Å². The maximum Gasteiger partial charge on any atom is 0.277 e. The number of fused-ring (bicyclic) bond motifs is 1. The Morgan fingerprint density at radius 2 is 2.16 bits per heavy atom. The van der Waals surface area contributed by atoms with E-state index in [0.717, 1.165) is 16.7 Å². The maximum absolute atomic E-state index is 12.7. The van der Waals surface area contributed by atoms with Crippen molar-refractivity contribution in [1.82, 2.24) is 15.0 Å². The lowest BCUT2D eigenvalue weighted by Gasteiger charge is -2.11. The average Bonchev–Trinajstić information content (AvgIpc) is 2.88. The first-order chi connectivity index (χ1) is 12.0. The smallest absolute Gasteiger partial charge is 0.277 e. The summed E-state index contributed by atoms with van der Waals surface area (Å²) in [5, 5.41) is 0.834. The first kappa shape index (κ1) is 17.9. The first-order valence-corrected chi connectivity index (χ1v) is 9.20. The van der Waals surface area contributed by atoms with E-state index >= 15 is 0 Å². The predicted molar refractivity (Wildman–Crippen MR) is 107 cm³/mol. The molecule has 0 aliphatic rings. The van der Waals surface area contributed by atoms with Gasteiger partial charge in [0.2, 0.25) is 0 Å². The first-order valence-electron chi connectivity index (χ1n) is 8.12. The van der Waals surface area contributed by atoms with Gasteiger partial charge in [0.25, 0.3) is 5.91 Å². The molecule has 130 valence electrons. The molecule has 0 aliphatic carbocycles. The van der Waals surface area contributed by atoms with Gasteiger partial charge >= 0.3 is 0 Å². The van der Waals surface area contributed by atoms with Crippen LogP contribution in [0.5, 0.6) is 0 Å². The Labute approximate surface area is 160 Å². The van der Waals surface area contributed by atoms with Crippen molar-refractivity contribution in [2.24, 2.45) is 7.05 Å². The molecule has 1 N–H and O–H groups in total. The SMILES string of the molecule is CCONC(=O)c1c(Cc2ccc(I)cc2C)n(C)c2ncccc12. The Balaban J connectivity index is 2.12. The van der Waals surface area contributed by atoms with E-state index in [9.17, 15) is 4.79 Å². The molecule has 0 unspecified atom stereocenters. The quantitative estimate of drug-likeness (QED) is 0.477. The van der Waals surface area contributed by atoms with Crippen LogP contribution in [0.2, 0.25) is 0 Å². The summed E-state index contributed by atoms with van der Waals surface area (Å²) < 4.78 is 3.19. The van der Waals surface area contributed by atoms with Crippen molar-refractivity contribution >= 4 is 39.5 Å². The van der Waals surface area contributed by atoms with Crippen LogP contribution in [0.15, 0.2) is 36.5 Å². The minimum Gasteiger partial charge on any atom is -0.332 e. The van der Waals surface area contributed by atoms with Gasteiger partial charge in [-0.05, 0) is 71.8 Å². The Hall–Kier alpha value is -1.93. The second kappa shape index (κ2) is 7.53. The highest BCUT2D eigenvalue weighted by Crippen LogP contribution is 2.27. The number of amides is 1. The summed E-state index contributed by atoms with van der Waals surface area (Å²) in [5.74, 6) is -0.237. The molecule has 5 nitrogen and oxygen atoms in total. The van der Waals surface area contributed by atoms with Gasteiger partial charge in [-0.1, -0.05) is 6.07 Å². The predicted octanol–water partition coefficient (Wildman–Crippen LogP) is 3.76. The van der Waals surface area contributed by atoms with E-state index in [4.69, 9.17) is 4.84 Å². The van der Waals surface area contributed by atoms with Gasteiger partial charge in [-0.15, -0.1) is 0 Å². The Kier molecular flexibility index (Phi) is 5.39. The van der Waals surface area contributed by atoms with Gasteiger partial charge in [-0.25, -0.2) is 10.5 Å². The maximum atomic E-state index is 12.7. The summed E-state index contributed by atoms with van der Waals surface area (Å²) in [6, 6.07) is 10.1. The molecule has 0 aliphatic heterocycles. The molecule has 1 amide bonds. The third-order valence-electron chi connectivity index (χ3n) is 4.27. The second-order valence-electron chi connectivity index (χ2n) is 5.87. The number of benzene rings is 1. The van der Waals surface area contributed by atoms with Gasteiger partial charge in [0.15, 0.2) is 0 Å². The molecule has 2 aromatic heterocycles. The fraction of sp³-hybridized carbons (Fsp3) is 0.263. The van der Waals surface area contributed by atoms with Crippen molar-refractivity contribution in [3.8, 4) is 0 Å². The number of aromatic nitrogens is 2. The lowest BCUT2D eigenvalue weighted by molar-refractivity contribution is 0.0365.